The largest absolute Gasteiger partial charge is 0.325 e. The van der Waals surface area contributed by atoms with Gasteiger partial charge in [0, 0.05) is 18.3 Å². The first-order valence-electron chi connectivity index (χ1n) is 6.41. The van der Waals surface area contributed by atoms with Crippen LogP contribution in [0.15, 0.2) is 12.4 Å². The molecular formula is C13H23N3. The monoisotopic (exact) mass is 221 g/mol. The molecule has 1 aromatic heterocycles. The van der Waals surface area contributed by atoms with Gasteiger partial charge in [0.1, 0.15) is 0 Å². The van der Waals surface area contributed by atoms with Gasteiger partial charge in [-0.05, 0) is 37.7 Å². The molecule has 1 aromatic rings. The molecule has 2 rings (SSSR count). The molecule has 0 amide bonds. The van der Waals surface area contributed by atoms with E-state index in [1.807, 2.05) is 10.9 Å². The molecule has 16 heavy (non-hydrogen) atoms. The number of nitrogens with two attached hydrogens (primary N) is 1. The van der Waals surface area contributed by atoms with E-state index in [9.17, 15) is 0 Å². The van der Waals surface area contributed by atoms with E-state index >= 15 is 0 Å². The highest BCUT2D eigenvalue weighted by Crippen LogP contribution is 2.32. The van der Waals surface area contributed by atoms with Gasteiger partial charge < -0.3 is 5.73 Å². The number of aryl methyl sites for hydroxylation is 1. The van der Waals surface area contributed by atoms with Crippen molar-refractivity contribution in [1.82, 2.24) is 9.78 Å². The zero-order valence-electron chi connectivity index (χ0n) is 10.4. The third-order valence-corrected chi connectivity index (χ3v) is 3.69. The summed E-state index contributed by atoms with van der Waals surface area (Å²) in [5, 5.41) is 4.31. The van der Waals surface area contributed by atoms with Crippen LogP contribution in [0.25, 0.3) is 0 Å². The molecule has 0 aromatic carbocycles. The van der Waals surface area contributed by atoms with Crippen molar-refractivity contribution in [2.45, 2.75) is 58.0 Å². The molecule has 1 aliphatic carbocycles. The molecule has 0 aliphatic heterocycles. The smallest absolute Gasteiger partial charge is 0.0522 e. The molecule has 2 N–H and O–H groups in total. The van der Waals surface area contributed by atoms with Gasteiger partial charge in [-0.15, -0.1) is 0 Å². The van der Waals surface area contributed by atoms with E-state index in [-0.39, 0.29) is 5.54 Å². The van der Waals surface area contributed by atoms with Crippen LogP contribution in [-0.4, -0.2) is 15.3 Å². The lowest BCUT2D eigenvalue weighted by atomic mass is 9.74. The number of rotatable bonds is 3. The SMILES string of the molecule is CCn1cc(CC2(N)CCCC(C)C2)cn1. The fourth-order valence-electron chi connectivity index (χ4n) is 2.94. The fraction of sp³-hybridized carbons (Fsp3) is 0.769. The molecule has 3 nitrogen and oxygen atoms in total. The summed E-state index contributed by atoms with van der Waals surface area (Å²) in [6.45, 7) is 5.36. The first kappa shape index (κ1) is 11.6. The highest BCUT2D eigenvalue weighted by Gasteiger charge is 2.31. The van der Waals surface area contributed by atoms with E-state index in [1.165, 1.54) is 18.4 Å². The summed E-state index contributed by atoms with van der Waals surface area (Å²) in [5.74, 6) is 0.778. The summed E-state index contributed by atoms with van der Waals surface area (Å²) in [6, 6.07) is 0. The summed E-state index contributed by atoms with van der Waals surface area (Å²) >= 11 is 0. The molecule has 1 fully saturated rings. The maximum Gasteiger partial charge on any atom is 0.0522 e. The highest BCUT2D eigenvalue weighted by atomic mass is 15.3. The average Bonchev–Trinajstić information content (AvgIpc) is 2.64. The van der Waals surface area contributed by atoms with Gasteiger partial charge in [0.15, 0.2) is 0 Å². The predicted octanol–water partition coefficient (Wildman–Crippen LogP) is 2.35. The zero-order valence-corrected chi connectivity index (χ0v) is 10.4. The van der Waals surface area contributed by atoms with Gasteiger partial charge in [-0.2, -0.15) is 5.10 Å². The Bertz CT molecular complexity index is 345. The van der Waals surface area contributed by atoms with Crippen molar-refractivity contribution in [3.05, 3.63) is 18.0 Å². The Morgan fingerprint density at radius 3 is 3.06 bits per heavy atom. The molecule has 0 bridgehead atoms. The minimum atomic E-state index is 0.0132. The molecule has 1 heterocycles. The van der Waals surface area contributed by atoms with Crippen molar-refractivity contribution in [2.75, 3.05) is 0 Å². The standard InChI is InChI=1S/C13H23N3/c1-3-16-10-12(9-15-16)8-13(14)6-4-5-11(2)7-13/h9-11H,3-8,14H2,1-2H3. The molecule has 3 heteroatoms. The van der Waals surface area contributed by atoms with Crippen LogP contribution in [0.5, 0.6) is 0 Å². The van der Waals surface area contributed by atoms with E-state index in [0.29, 0.717) is 0 Å². The van der Waals surface area contributed by atoms with Gasteiger partial charge in [0.2, 0.25) is 0 Å². The second kappa shape index (κ2) is 4.58. The quantitative estimate of drug-likeness (QED) is 0.851. The maximum atomic E-state index is 6.50. The van der Waals surface area contributed by atoms with Crippen LogP contribution in [0.3, 0.4) is 0 Å². The van der Waals surface area contributed by atoms with Crippen LogP contribution in [0, 0.1) is 5.92 Å². The van der Waals surface area contributed by atoms with Gasteiger partial charge >= 0.3 is 0 Å². The number of aromatic nitrogens is 2. The predicted molar refractivity (Wildman–Crippen MR) is 66.2 cm³/mol. The molecule has 1 saturated carbocycles. The molecule has 2 atom stereocenters. The van der Waals surface area contributed by atoms with Crippen LogP contribution in [0.4, 0.5) is 0 Å². The van der Waals surface area contributed by atoms with Gasteiger partial charge in [-0.1, -0.05) is 19.8 Å². The lowest BCUT2D eigenvalue weighted by Crippen LogP contribution is -2.45. The Hall–Kier alpha value is -0.830. The average molecular weight is 221 g/mol. The van der Waals surface area contributed by atoms with Crippen molar-refractivity contribution < 1.29 is 0 Å². The molecule has 0 spiro atoms. The fourth-order valence-corrected chi connectivity index (χ4v) is 2.94. The Labute approximate surface area is 98.0 Å². The van der Waals surface area contributed by atoms with E-state index in [4.69, 9.17) is 5.73 Å². The van der Waals surface area contributed by atoms with Crippen LogP contribution in [0.2, 0.25) is 0 Å². The molecule has 2 unspecified atom stereocenters. The Morgan fingerprint density at radius 2 is 2.44 bits per heavy atom. The van der Waals surface area contributed by atoms with Gasteiger partial charge in [0.25, 0.3) is 0 Å². The second-order valence-electron chi connectivity index (χ2n) is 5.44. The summed E-state index contributed by atoms with van der Waals surface area (Å²) in [5.41, 5.74) is 7.80. The van der Waals surface area contributed by atoms with E-state index < -0.39 is 0 Å². The molecule has 0 saturated heterocycles. The first-order valence-corrected chi connectivity index (χ1v) is 6.41. The van der Waals surface area contributed by atoms with Gasteiger partial charge in [0.05, 0.1) is 6.20 Å². The van der Waals surface area contributed by atoms with Crippen molar-refractivity contribution in [3.63, 3.8) is 0 Å². The van der Waals surface area contributed by atoms with Crippen LogP contribution in [0.1, 0.15) is 45.1 Å². The maximum absolute atomic E-state index is 6.50. The number of hydrogen-bond donors (Lipinski definition) is 1. The lowest BCUT2D eigenvalue weighted by Gasteiger charge is -2.36. The van der Waals surface area contributed by atoms with Crippen LogP contribution >= 0.6 is 0 Å². The Balaban J connectivity index is 2.02. The Morgan fingerprint density at radius 1 is 1.62 bits per heavy atom. The normalized spacial score (nSPS) is 30.6. The van der Waals surface area contributed by atoms with Gasteiger partial charge in [-0.25, -0.2) is 0 Å². The third kappa shape index (κ3) is 2.64. The van der Waals surface area contributed by atoms with Crippen LogP contribution < -0.4 is 5.73 Å². The summed E-state index contributed by atoms with van der Waals surface area (Å²) in [7, 11) is 0. The van der Waals surface area contributed by atoms with E-state index in [0.717, 1.165) is 31.7 Å². The zero-order chi connectivity index (χ0) is 11.6. The third-order valence-electron chi connectivity index (χ3n) is 3.69. The minimum Gasteiger partial charge on any atom is -0.325 e. The topological polar surface area (TPSA) is 43.8 Å². The number of hydrogen-bond acceptors (Lipinski definition) is 2. The molecule has 0 radical (unpaired) electrons. The van der Waals surface area contributed by atoms with Crippen LogP contribution in [-0.2, 0) is 13.0 Å². The van der Waals surface area contributed by atoms with Gasteiger partial charge in [-0.3, -0.25) is 4.68 Å². The van der Waals surface area contributed by atoms with Crippen molar-refractivity contribution in [1.29, 1.82) is 0 Å². The van der Waals surface area contributed by atoms with Crippen molar-refractivity contribution in [3.8, 4) is 0 Å². The molecular weight excluding hydrogens is 198 g/mol. The number of nitrogens with zero attached hydrogens (tertiary/aromatic N) is 2. The van der Waals surface area contributed by atoms with Crippen molar-refractivity contribution >= 4 is 0 Å². The minimum absolute atomic E-state index is 0.0132. The molecule has 1 aliphatic rings. The van der Waals surface area contributed by atoms with E-state index in [2.05, 4.69) is 25.1 Å². The summed E-state index contributed by atoms with van der Waals surface area (Å²) in [4.78, 5) is 0. The lowest BCUT2D eigenvalue weighted by molar-refractivity contribution is 0.235. The van der Waals surface area contributed by atoms with E-state index in [1.54, 1.807) is 0 Å². The highest BCUT2D eigenvalue weighted by molar-refractivity contribution is 5.10. The Kier molecular flexibility index (Phi) is 3.33. The summed E-state index contributed by atoms with van der Waals surface area (Å²) < 4.78 is 1.98. The van der Waals surface area contributed by atoms with Crippen molar-refractivity contribution in [2.24, 2.45) is 11.7 Å². The summed E-state index contributed by atoms with van der Waals surface area (Å²) in [6.07, 6.45) is 10.0. The first-order chi connectivity index (χ1) is 7.61. The second-order valence-corrected chi connectivity index (χ2v) is 5.44. The molecule has 90 valence electrons.